The summed E-state index contributed by atoms with van der Waals surface area (Å²) in [6, 6.07) is 8.38. The maximum Gasteiger partial charge on any atom is 0.0409 e. The van der Waals surface area contributed by atoms with E-state index < -0.39 is 0 Å². The third-order valence-electron chi connectivity index (χ3n) is 2.60. The Labute approximate surface area is 89.7 Å². The molecule has 1 fully saturated rings. The van der Waals surface area contributed by atoms with Gasteiger partial charge >= 0.3 is 0 Å². The van der Waals surface area contributed by atoms with Gasteiger partial charge in [-0.2, -0.15) is 0 Å². The van der Waals surface area contributed by atoms with E-state index in [4.69, 9.17) is 17.3 Å². The first kappa shape index (κ1) is 9.97. The summed E-state index contributed by atoms with van der Waals surface area (Å²) in [5, 5.41) is 0.811. The highest BCUT2D eigenvalue weighted by Crippen LogP contribution is 2.15. The summed E-state index contributed by atoms with van der Waals surface area (Å²) in [5.74, 6) is 0. The fourth-order valence-electron chi connectivity index (χ4n) is 1.90. The van der Waals surface area contributed by atoms with Crippen LogP contribution in [-0.4, -0.2) is 24.0 Å². The highest BCUT2D eigenvalue weighted by atomic mass is 35.5. The summed E-state index contributed by atoms with van der Waals surface area (Å²) in [6.45, 7) is 3.08. The first-order valence-electron chi connectivity index (χ1n) is 4.96. The van der Waals surface area contributed by atoms with Crippen LogP contribution in [0.25, 0.3) is 0 Å². The quantitative estimate of drug-likeness (QED) is 0.808. The van der Waals surface area contributed by atoms with Crippen LogP contribution in [0.4, 0.5) is 0 Å². The van der Waals surface area contributed by atoms with Crippen LogP contribution >= 0.6 is 11.6 Å². The number of nitrogens with zero attached hydrogens (tertiary/aromatic N) is 1. The zero-order chi connectivity index (χ0) is 9.97. The number of likely N-dealkylation sites (tertiary alicyclic amines) is 1. The van der Waals surface area contributed by atoms with Crippen molar-refractivity contribution >= 4 is 11.6 Å². The van der Waals surface area contributed by atoms with Crippen LogP contribution in [0, 0.1) is 0 Å². The molecule has 0 aromatic heterocycles. The Kier molecular flexibility index (Phi) is 3.06. The molecule has 2 nitrogen and oxygen atoms in total. The summed E-state index contributed by atoms with van der Waals surface area (Å²) in [4.78, 5) is 2.37. The topological polar surface area (TPSA) is 29.3 Å². The second-order valence-corrected chi connectivity index (χ2v) is 4.35. The van der Waals surface area contributed by atoms with E-state index in [0.717, 1.165) is 31.1 Å². The first-order valence-corrected chi connectivity index (χ1v) is 5.34. The van der Waals surface area contributed by atoms with Crippen molar-refractivity contribution in [3.8, 4) is 0 Å². The van der Waals surface area contributed by atoms with E-state index in [1.54, 1.807) is 0 Å². The van der Waals surface area contributed by atoms with E-state index in [1.807, 2.05) is 18.2 Å². The van der Waals surface area contributed by atoms with Crippen molar-refractivity contribution in [3.05, 3.63) is 34.9 Å². The van der Waals surface area contributed by atoms with Gasteiger partial charge in [-0.1, -0.05) is 23.7 Å². The SMILES string of the molecule is N[C@H]1CCN(Cc2cccc(Cl)c2)C1. The molecule has 3 heteroatoms. The average molecular weight is 211 g/mol. The van der Waals surface area contributed by atoms with Gasteiger partial charge in [0, 0.05) is 30.7 Å². The highest BCUT2D eigenvalue weighted by Gasteiger charge is 2.18. The first-order chi connectivity index (χ1) is 6.74. The van der Waals surface area contributed by atoms with E-state index in [1.165, 1.54) is 5.56 Å². The number of rotatable bonds is 2. The van der Waals surface area contributed by atoms with E-state index in [9.17, 15) is 0 Å². The molecule has 14 heavy (non-hydrogen) atoms. The van der Waals surface area contributed by atoms with Crippen LogP contribution in [-0.2, 0) is 6.54 Å². The summed E-state index contributed by atoms with van der Waals surface area (Å²) < 4.78 is 0. The van der Waals surface area contributed by atoms with Crippen molar-refractivity contribution in [2.24, 2.45) is 5.73 Å². The zero-order valence-electron chi connectivity index (χ0n) is 8.12. The molecule has 0 spiro atoms. The Morgan fingerprint density at radius 1 is 1.50 bits per heavy atom. The van der Waals surface area contributed by atoms with Gasteiger partial charge in [0.2, 0.25) is 0 Å². The average Bonchev–Trinajstić information content (AvgIpc) is 2.51. The predicted molar refractivity (Wildman–Crippen MR) is 59.3 cm³/mol. The molecule has 0 radical (unpaired) electrons. The molecule has 1 atom stereocenters. The molecule has 0 amide bonds. The lowest BCUT2D eigenvalue weighted by atomic mass is 10.2. The number of benzene rings is 1. The molecule has 0 aliphatic carbocycles. The normalized spacial score (nSPS) is 22.9. The lowest BCUT2D eigenvalue weighted by molar-refractivity contribution is 0.327. The summed E-state index contributed by atoms with van der Waals surface area (Å²) in [7, 11) is 0. The second kappa shape index (κ2) is 4.30. The van der Waals surface area contributed by atoms with Gasteiger partial charge in [-0.25, -0.2) is 0 Å². The van der Waals surface area contributed by atoms with E-state index in [2.05, 4.69) is 11.0 Å². The molecule has 1 saturated heterocycles. The van der Waals surface area contributed by atoms with Gasteiger partial charge in [0.05, 0.1) is 0 Å². The molecular weight excluding hydrogens is 196 g/mol. The van der Waals surface area contributed by atoms with E-state index in [0.29, 0.717) is 6.04 Å². The van der Waals surface area contributed by atoms with Gasteiger partial charge in [-0.15, -0.1) is 0 Å². The van der Waals surface area contributed by atoms with Crippen LogP contribution in [0.1, 0.15) is 12.0 Å². The Morgan fingerprint density at radius 2 is 2.36 bits per heavy atom. The van der Waals surface area contributed by atoms with Gasteiger partial charge in [0.1, 0.15) is 0 Å². The maximum absolute atomic E-state index is 5.92. The van der Waals surface area contributed by atoms with Gasteiger partial charge in [0.25, 0.3) is 0 Å². The number of hydrogen-bond donors (Lipinski definition) is 1. The van der Waals surface area contributed by atoms with Crippen molar-refractivity contribution < 1.29 is 0 Å². The largest absolute Gasteiger partial charge is 0.326 e. The van der Waals surface area contributed by atoms with Crippen molar-refractivity contribution in [2.45, 2.75) is 19.0 Å². The summed E-state index contributed by atoms with van der Waals surface area (Å²) in [6.07, 6.45) is 1.11. The molecular formula is C11H15ClN2. The Bertz CT molecular complexity index is 314. The number of halogens is 1. The third-order valence-corrected chi connectivity index (χ3v) is 2.84. The minimum absolute atomic E-state index is 0.356. The molecule has 0 unspecified atom stereocenters. The van der Waals surface area contributed by atoms with Crippen molar-refractivity contribution in [1.29, 1.82) is 0 Å². The second-order valence-electron chi connectivity index (χ2n) is 3.91. The predicted octanol–water partition coefficient (Wildman–Crippen LogP) is 1.87. The van der Waals surface area contributed by atoms with Gasteiger partial charge in [-0.05, 0) is 24.1 Å². The summed E-state index contributed by atoms with van der Waals surface area (Å²) in [5.41, 5.74) is 7.11. The molecule has 2 N–H and O–H groups in total. The minimum atomic E-state index is 0.356. The highest BCUT2D eigenvalue weighted by molar-refractivity contribution is 6.30. The van der Waals surface area contributed by atoms with Crippen LogP contribution in [0.3, 0.4) is 0 Å². The van der Waals surface area contributed by atoms with Crippen LogP contribution in [0.5, 0.6) is 0 Å². The van der Waals surface area contributed by atoms with Gasteiger partial charge < -0.3 is 5.73 Å². The fraction of sp³-hybridized carbons (Fsp3) is 0.455. The lowest BCUT2D eigenvalue weighted by Gasteiger charge is -2.14. The smallest absolute Gasteiger partial charge is 0.0409 e. The van der Waals surface area contributed by atoms with Gasteiger partial charge in [-0.3, -0.25) is 4.90 Å². The monoisotopic (exact) mass is 210 g/mol. The van der Waals surface area contributed by atoms with Crippen molar-refractivity contribution in [2.75, 3.05) is 13.1 Å². The molecule has 2 rings (SSSR count). The zero-order valence-corrected chi connectivity index (χ0v) is 8.87. The lowest BCUT2D eigenvalue weighted by Crippen LogP contribution is -2.26. The Morgan fingerprint density at radius 3 is 3.00 bits per heavy atom. The molecule has 0 bridgehead atoms. The van der Waals surface area contributed by atoms with Crippen molar-refractivity contribution in [1.82, 2.24) is 4.90 Å². The minimum Gasteiger partial charge on any atom is -0.326 e. The molecule has 1 aliphatic rings. The molecule has 1 aromatic carbocycles. The summed E-state index contributed by atoms with van der Waals surface area (Å²) >= 11 is 5.92. The van der Waals surface area contributed by atoms with Gasteiger partial charge in [0.15, 0.2) is 0 Å². The molecule has 1 aromatic rings. The molecule has 0 saturated carbocycles. The van der Waals surface area contributed by atoms with Crippen LogP contribution < -0.4 is 5.73 Å². The molecule has 76 valence electrons. The van der Waals surface area contributed by atoms with Crippen LogP contribution in [0.15, 0.2) is 24.3 Å². The number of hydrogen-bond acceptors (Lipinski definition) is 2. The molecule has 1 aliphatic heterocycles. The maximum atomic E-state index is 5.92. The fourth-order valence-corrected chi connectivity index (χ4v) is 2.11. The molecule has 1 heterocycles. The Hall–Kier alpha value is -0.570. The van der Waals surface area contributed by atoms with Crippen LogP contribution in [0.2, 0.25) is 5.02 Å². The van der Waals surface area contributed by atoms with Crippen molar-refractivity contribution in [3.63, 3.8) is 0 Å². The third kappa shape index (κ3) is 2.47. The van der Waals surface area contributed by atoms with E-state index in [-0.39, 0.29) is 0 Å². The number of nitrogens with two attached hydrogens (primary N) is 1. The Balaban J connectivity index is 1.97. The van der Waals surface area contributed by atoms with E-state index >= 15 is 0 Å². The standard InChI is InChI=1S/C11H15ClN2/c12-10-3-1-2-9(6-10)7-14-5-4-11(13)8-14/h1-3,6,11H,4-5,7-8,13H2/t11-/m0/s1.